The second-order valence-corrected chi connectivity index (χ2v) is 7.84. The molecule has 3 aromatic carbocycles. The zero-order valence-electron chi connectivity index (χ0n) is 17.9. The number of hydrogen-bond acceptors (Lipinski definition) is 4. The third-order valence-corrected chi connectivity index (χ3v) is 5.59. The molecule has 1 fully saturated rings. The van der Waals surface area contributed by atoms with Gasteiger partial charge in [-0.3, -0.25) is 9.69 Å². The predicted octanol–water partition coefficient (Wildman–Crippen LogP) is 3.70. The van der Waals surface area contributed by atoms with Crippen LogP contribution in [0, 0.1) is 0 Å². The van der Waals surface area contributed by atoms with Crippen LogP contribution in [0.5, 0.6) is 5.75 Å². The van der Waals surface area contributed by atoms with Crippen molar-refractivity contribution in [3.8, 4) is 16.9 Å². The highest BCUT2D eigenvalue weighted by atomic mass is 16.5. The number of carbonyl (C=O) groups excluding carboxylic acids is 1. The molecule has 5 nitrogen and oxygen atoms in total. The van der Waals surface area contributed by atoms with Crippen molar-refractivity contribution < 1.29 is 9.53 Å². The van der Waals surface area contributed by atoms with Crippen molar-refractivity contribution in [2.75, 3.05) is 33.3 Å². The van der Waals surface area contributed by atoms with Gasteiger partial charge in [-0.2, -0.15) is 0 Å². The van der Waals surface area contributed by atoms with Crippen molar-refractivity contribution in [2.24, 2.45) is 0 Å². The monoisotopic (exact) mass is 415 g/mol. The van der Waals surface area contributed by atoms with Gasteiger partial charge in [-0.15, -0.1) is 0 Å². The number of piperazine rings is 1. The summed E-state index contributed by atoms with van der Waals surface area (Å²) in [4.78, 5) is 15.0. The fraction of sp³-hybridized carbons (Fsp3) is 0.269. The smallest absolute Gasteiger partial charge is 0.251 e. The summed E-state index contributed by atoms with van der Waals surface area (Å²) in [5, 5.41) is 6.41. The summed E-state index contributed by atoms with van der Waals surface area (Å²) in [7, 11) is 1.60. The summed E-state index contributed by atoms with van der Waals surface area (Å²) in [5.41, 5.74) is 5.36. The third-order valence-electron chi connectivity index (χ3n) is 5.59. The predicted molar refractivity (Wildman–Crippen MR) is 124 cm³/mol. The summed E-state index contributed by atoms with van der Waals surface area (Å²) < 4.78 is 5.20. The molecule has 1 saturated heterocycles. The minimum atomic E-state index is -0.109. The molecular weight excluding hydrogens is 386 g/mol. The van der Waals surface area contributed by atoms with Crippen molar-refractivity contribution in [3.05, 3.63) is 89.5 Å². The highest BCUT2D eigenvalue weighted by Gasteiger charge is 2.11. The van der Waals surface area contributed by atoms with E-state index in [1.165, 1.54) is 11.1 Å². The van der Waals surface area contributed by atoms with Crippen molar-refractivity contribution in [2.45, 2.75) is 13.1 Å². The van der Waals surface area contributed by atoms with E-state index in [0.717, 1.165) is 43.9 Å². The van der Waals surface area contributed by atoms with Crippen molar-refractivity contribution >= 4 is 5.91 Å². The number of carbonyl (C=O) groups is 1. The molecule has 4 rings (SSSR count). The van der Waals surface area contributed by atoms with Crippen LogP contribution in [0.4, 0.5) is 0 Å². The molecular formula is C26H29N3O2. The Hall–Kier alpha value is -3.15. The molecule has 31 heavy (non-hydrogen) atoms. The Bertz CT molecular complexity index is 1030. The lowest BCUT2D eigenvalue weighted by Crippen LogP contribution is -2.42. The van der Waals surface area contributed by atoms with Gasteiger partial charge in [-0.1, -0.05) is 42.5 Å². The Morgan fingerprint density at radius 3 is 2.35 bits per heavy atom. The lowest BCUT2D eigenvalue weighted by atomic mass is 10.0. The zero-order chi connectivity index (χ0) is 21.5. The van der Waals surface area contributed by atoms with E-state index in [1.54, 1.807) is 19.2 Å². The van der Waals surface area contributed by atoms with Crippen LogP contribution in [0.15, 0.2) is 72.8 Å². The van der Waals surface area contributed by atoms with Gasteiger partial charge < -0.3 is 15.4 Å². The van der Waals surface area contributed by atoms with Crippen LogP contribution in [0.25, 0.3) is 11.1 Å². The first-order valence-corrected chi connectivity index (χ1v) is 10.7. The second-order valence-electron chi connectivity index (χ2n) is 7.84. The Morgan fingerprint density at radius 2 is 1.61 bits per heavy atom. The van der Waals surface area contributed by atoms with E-state index < -0.39 is 0 Å². The lowest BCUT2D eigenvalue weighted by molar-refractivity contribution is 0.0950. The normalized spacial score (nSPS) is 14.2. The van der Waals surface area contributed by atoms with Gasteiger partial charge in [0.2, 0.25) is 0 Å². The molecule has 1 amide bonds. The van der Waals surface area contributed by atoms with E-state index in [2.05, 4.69) is 51.9 Å². The average molecular weight is 416 g/mol. The minimum absolute atomic E-state index is 0.109. The van der Waals surface area contributed by atoms with Crippen LogP contribution in [0.1, 0.15) is 21.5 Å². The maximum atomic E-state index is 12.5. The van der Waals surface area contributed by atoms with E-state index in [0.29, 0.717) is 17.9 Å². The summed E-state index contributed by atoms with van der Waals surface area (Å²) in [6, 6.07) is 24.3. The summed E-state index contributed by atoms with van der Waals surface area (Å²) in [5.74, 6) is 0.567. The average Bonchev–Trinajstić information content (AvgIpc) is 2.83. The quantitative estimate of drug-likeness (QED) is 0.618. The Labute approximate surface area is 184 Å². The van der Waals surface area contributed by atoms with Crippen molar-refractivity contribution in [1.29, 1.82) is 0 Å². The highest BCUT2D eigenvalue weighted by Crippen LogP contribution is 2.22. The molecule has 0 aliphatic carbocycles. The number of rotatable bonds is 7. The molecule has 0 atom stereocenters. The van der Waals surface area contributed by atoms with Gasteiger partial charge in [-0.05, 0) is 52.6 Å². The highest BCUT2D eigenvalue weighted by molar-refractivity contribution is 5.94. The van der Waals surface area contributed by atoms with Gasteiger partial charge in [0.15, 0.2) is 0 Å². The molecule has 0 spiro atoms. The SMILES string of the molecule is COc1cccc(C(=O)NCc2cccc(-c3cccc(CN4CCNCC4)c3)c2)c1. The van der Waals surface area contributed by atoms with Crippen molar-refractivity contribution in [1.82, 2.24) is 15.5 Å². The van der Waals surface area contributed by atoms with Gasteiger partial charge in [0.25, 0.3) is 5.91 Å². The van der Waals surface area contributed by atoms with E-state index >= 15 is 0 Å². The van der Waals surface area contributed by atoms with Crippen LogP contribution in [-0.2, 0) is 13.1 Å². The molecule has 1 aliphatic heterocycles. The molecule has 160 valence electrons. The Kier molecular flexibility index (Phi) is 6.97. The molecule has 0 bridgehead atoms. The van der Waals surface area contributed by atoms with Gasteiger partial charge in [0.05, 0.1) is 7.11 Å². The maximum absolute atomic E-state index is 12.5. The Balaban J connectivity index is 1.42. The topological polar surface area (TPSA) is 53.6 Å². The molecule has 0 saturated carbocycles. The van der Waals surface area contributed by atoms with Gasteiger partial charge in [-0.25, -0.2) is 0 Å². The standard InChI is InChI=1S/C26H29N3O2/c1-31-25-10-4-9-24(17-25)26(30)28-18-20-5-2-7-22(15-20)23-8-3-6-21(16-23)19-29-13-11-27-12-14-29/h2-10,15-17,27H,11-14,18-19H2,1H3,(H,28,30). The van der Waals surface area contributed by atoms with Gasteiger partial charge >= 0.3 is 0 Å². The molecule has 1 heterocycles. The van der Waals surface area contributed by atoms with Gasteiger partial charge in [0.1, 0.15) is 5.75 Å². The second kappa shape index (κ2) is 10.2. The fourth-order valence-electron chi connectivity index (χ4n) is 3.89. The number of amides is 1. The fourth-order valence-corrected chi connectivity index (χ4v) is 3.89. The first-order chi connectivity index (χ1) is 15.2. The molecule has 5 heteroatoms. The van der Waals surface area contributed by atoms with Crippen LogP contribution in [0.2, 0.25) is 0 Å². The van der Waals surface area contributed by atoms with E-state index in [4.69, 9.17) is 4.74 Å². The number of nitrogens with one attached hydrogen (secondary N) is 2. The minimum Gasteiger partial charge on any atom is -0.497 e. The van der Waals surface area contributed by atoms with Crippen molar-refractivity contribution in [3.63, 3.8) is 0 Å². The first kappa shape index (κ1) is 21.1. The van der Waals surface area contributed by atoms with E-state index in [-0.39, 0.29) is 5.91 Å². The number of methoxy groups -OCH3 is 1. The Morgan fingerprint density at radius 1 is 0.935 bits per heavy atom. The van der Waals surface area contributed by atoms with Crippen LogP contribution in [-0.4, -0.2) is 44.1 Å². The van der Waals surface area contributed by atoms with E-state index in [9.17, 15) is 4.79 Å². The third kappa shape index (κ3) is 5.72. The maximum Gasteiger partial charge on any atom is 0.251 e. The molecule has 2 N–H and O–H groups in total. The molecule has 1 aliphatic rings. The van der Waals surface area contributed by atoms with E-state index in [1.807, 2.05) is 24.3 Å². The molecule has 0 radical (unpaired) electrons. The molecule has 3 aromatic rings. The van der Waals surface area contributed by atoms with Gasteiger partial charge in [0, 0.05) is 44.8 Å². The first-order valence-electron chi connectivity index (χ1n) is 10.7. The molecule has 0 aromatic heterocycles. The summed E-state index contributed by atoms with van der Waals surface area (Å²) in [6.07, 6.45) is 0. The number of nitrogens with zero attached hydrogens (tertiary/aromatic N) is 1. The molecule has 0 unspecified atom stereocenters. The summed E-state index contributed by atoms with van der Waals surface area (Å²) in [6.45, 7) is 5.75. The summed E-state index contributed by atoms with van der Waals surface area (Å²) >= 11 is 0. The number of benzene rings is 3. The number of hydrogen-bond donors (Lipinski definition) is 2. The van der Waals surface area contributed by atoms with Crippen LogP contribution < -0.4 is 15.4 Å². The number of ether oxygens (including phenoxy) is 1. The van der Waals surface area contributed by atoms with Crippen LogP contribution in [0.3, 0.4) is 0 Å². The lowest BCUT2D eigenvalue weighted by Gasteiger charge is -2.27. The zero-order valence-corrected chi connectivity index (χ0v) is 17.9. The largest absolute Gasteiger partial charge is 0.497 e. The van der Waals surface area contributed by atoms with Crippen LogP contribution >= 0.6 is 0 Å².